The van der Waals surface area contributed by atoms with Crippen LogP contribution in [0.15, 0.2) is 24.4 Å². The molecule has 124 valence electrons. The van der Waals surface area contributed by atoms with Crippen LogP contribution in [0.25, 0.3) is 0 Å². The van der Waals surface area contributed by atoms with Crippen molar-refractivity contribution in [2.45, 2.75) is 25.3 Å². The Bertz CT molecular complexity index is 446. The Labute approximate surface area is 144 Å². The van der Waals surface area contributed by atoms with E-state index in [0.717, 1.165) is 45.0 Å². The molecule has 2 aliphatic heterocycles. The van der Waals surface area contributed by atoms with E-state index in [4.69, 9.17) is 0 Å². The molecule has 0 spiro atoms. The molecule has 1 atom stereocenters. The largest absolute Gasteiger partial charge is 0.353 e. The maximum absolute atomic E-state index is 12.2. The van der Waals surface area contributed by atoms with Crippen molar-refractivity contribution in [1.29, 1.82) is 0 Å². The lowest BCUT2D eigenvalue weighted by Gasteiger charge is -2.35. The molecule has 0 radical (unpaired) electrons. The number of aromatic nitrogens is 1. The normalized spacial score (nSPS) is 21.0. The molecular formula is C15H24Cl2N4O. The van der Waals surface area contributed by atoms with Crippen molar-refractivity contribution in [3.05, 3.63) is 24.4 Å². The van der Waals surface area contributed by atoms with Gasteiger partial charge in [-0.3, -0.25) is 4.79 Å². The fraction of sp³-hybridized carbons (Fsp3) is 0.600. The minimum Gasteiger partial charge on any atom is -0.353 e. The van der Waals surface area contributed by atoms with Gasteiger partial charge >= 0.3 is 0 Å². The highest BCUT2D eigenvalue weighted by atomic mass is 35.5. The number of carbonyl (C=O) groups is 1. The van der Waals surface area contributed by atoms with Crippen molar-refractivity contribution in [2.75, 3.05) is 37.6 Å². The molecule has 1 unspecified atom stereocenters. The average Bonchev–Trinajstić information content (AvgIpc) is 3.01. The Kier molecular flexibility index (Phi) is 7.93. The first-order valence-electron chi connectivity index (χ1n) is 7.50. The van der Waals surface area contributed by atoms with Crippen LogP contribution in [-0.2, 0) is 4.79 Å². The van der Waals surface area contributed by atoms with E-state index >= 15 is 0 Å². The number of hydrogen-bond donors (Lipinski definition) is 1. The van der Waals surface area contributed by atoms with E-state index in [9.17, 15) is 4.79 Å². The Morgan fingerprint density at radius 3 is 2.59 bits per heavy atom. The van der Waals surface area contributed by atoms with Gasteiger partial charge in [-0.15, -0.1) is 24.8 Å². The van der Waals surface area contributed by atoms with E-state index in [1.807, 2.05) is 29.3 Å². The molecule has 2 fully saturated rings. The minimum atomic E-state index is 0. The monoisotopic (exact) mass is 346 g/mol. The van der Waals surface area contributed by atoms with Crippen LogP contribution in [0.2, 0.25) is 0 Å². The van der Waals surface area contributed by atoms with Crippen LogP contribution >= 0.6 is 24.8 Å². The summed E-state index contributed by atoms with van der Waals surface area (Å²) in [6.07, 6.45) is 4.81. The molecule has 0 aliphatic carbocycles. The first-order valence-corrected chi connectivity index (χ1v) is 7.50. The predicted molar refractivity (Wildman–Crippen MR) is 93.2 cm³/mol. The number of halogens is 2. The van der Waals surface area contributed by atoms with Gasteiger partial charge in [0, 0.05) is 44.8 Å². The van der Waals surface area contributed by atoms with Gasteiger partial charge in [-0.1, -0.05) is 6.07 Å². The van der Waals surface area contributed by atoms with Gasteiger partial charge in [0.1, 0.15) is 5.82 Å². The number of carbonyl (C=O) groups excluding carboxylic acids is 1. The minimum absolute atomic E-state index is 0. The summed E-state index contributed by atoms with van der Waals surface area (Å²) < 4.78 is 0. The van der Waals surface area contributed by atoms with Gasteiger partial charge < -0.3 is 15.1 Å². The third-order valence-corrected chi connectivity index (χ3v) is 4.19. The Morgan fingerprint density at radius 1 is 1.23 bits per heavy atom. The highest BCUT2D eigenvalue weighted by molar-refractivity contribution is 5.85. The molecule has 5 nitrogen and oxygen atoms in total. The van der Waals surface area contributed by atoms with Crippen LogP contribution in [0.3, 0.4) is 0 Å². The molecule has 0 saturated carbocycles. The standard InChI is InChI=1S/C15H22N4O.2ClH/c20-15(12-13-4-3-7-16-13)19-10-8-18(9-11-19)14-5-1-2-6-17-14;;/h1-2,5-6,13,16H,3-4,7-12H2;2*1H. The molecule has 1 N–H and O–H groups in total. The van der Waals surface area contributed by atoms with E-state index < -0.39 is 0 Å². The number of nitrogens with one attached hydrogen (secondary N) is 1. The number of pyridine rings is 1. The van der Waals surface area contributed by atoms with E-state index in [1.54, 1.807) is 0 Å². The van der Waals surface area contributed by atoms with Crippen LogP contribution in [0, 0.1) is 0 Å². The second-order valence-corrected chi connectivity index (χ2v) is 5.55. The Balaban J connectivity index is 0.00000121. The highest BCUT2D eigenvalue weighted by Gasteiger charge is 2.25. The highest BCUT2D eigenvalue weighted by Crippen LogP contribution is 2.15. The predicted octanol–water partition coefficient (Wildman–Crippen LogP) is 1.72. The number of anilines is 1. The van der Waals surface area contributed by atoms with Gasteiger partial charge in [0.05, 0.1) is 0 Å². The van der Waals surface area contributed by atoms with Gasteiger partial charge in [0.15, 0.2) is 0 Å². The molecule has 2 aliphatic rings. The zero-order valence-corrected chi connectivity index (χ0v) is 14.2. The summed E-state index contributed by atoms with van der Waals surface area (Å²) in [7, 11) is 0. The molecule has 3 rings (SSSR count). The smallest absolute Gasteiger partial charge is 0.224 e. The molecule has 22 heavy (non-hydrogen) atoms. The molecule has 1 aromatic heterocycles. The lowest BCUT2D eigenvalue weighted by Crippen LogP contribution is -2.49. The van der Waals surface area contributed by atoms with Gasteiger partial charge in [-0.05, 0) is 31.5 Å². The first-order chi connectivity index (χ1) is 9.83. The molecule has 1 aromatic rings. The molecule has 7 heteroatoms. The van der Waals surface area contributed by atoms with Crippen LogP contribution in [-0.4, -0.2) is 54.6 Å². The van der Waals surface area contributed by atoms with Gasteiger partial charge in [-0.2, -0.15) is 0 Å². The van der Waals surface area contributed by atoms with Crippen molar-refractivity contribution < 1.29 is 4.79 Å². The van der Waals surface area contributed by atoms with Crippen molar-refractivity contribution >= 4 is 36.5 Å². The maximum atomic E-state index is 12.2. The third kappa shape index (κ3) is 4.73. The van der Waals surface area contributed by atoms with Crippen molar-refractivity contribution in [2.24, 2.45) is 0 Å². The second kappa shape index (κ2) is 9.18. The zero-order chi connectivity index (χ0) is 13.8. The lowest BCUT2D eigenvalue weighted by atomic mass is 10.1. The first kappa shape index (κ1) is 19.0. The van der Waals surface area contributed by atoms with E-state index in [1.165, 1.54) is 6.42 Å². The summed E-state index contributed by atoms with van der Waals surface area (Å²) in [5, 5.41) is 3.39. The van der Waals surface area contributed by atoms with Crippen LogP contribution < -0.4 is 10.2 Å². The van der Waals surface area contributed by atoms with E-state index in [-0.39, 0.29) is 24.8 Å². The summed E-state index contributed by atoms with van der Waals surface area (Å²) in [6.45, 7) is 4.43. The van der Waals surface area contributed by atoms with Crippen LogP contribution in [0.1, 0.15) is 19.3 Å². The van der Waals surface area contributed by atoms with Crippen molar-refractivity contribution in [3.8, 4) is 0 Å². The Hall–Kier alpha value is -1.04. The van der Waals surface area contributed by atoms with Crippen molar-refractivity contribution in [3.63, 3.8) is 0 Å². The van der Waals surface area contributed by atoms with Crippen LogP contribution in [0.5, 0.6) is 0 Å². The second-order valence-electron chi connectivity index (χ2n) is 5.55. The van der Waals surface area contributed by atoms with Crippen molar-refractivity contribution in [1.82, 2.24) is 15.2 Å². The van der Waals surface area contributed by atoms with Gasteiger partial charge in [-0.25, -0.2) is 4.98 Å². The maximum Gasteiger partial charge on any atom is 0.224 e. The molecule has 0 bridgehead atoms. The lowest BCUT2D eigenvalue weighted by molar-refractivity contribution is -0.131. The van der Waals surface area contributed by atoms with E-state index in [2.05, 4.69) is 15.2 Å². The molecule has 0 aromatic carbocycles. The fourth-order valence-electron chi connectivity index (χ4n) is 3.00. The summed E-state index contributed by atoms with van der Waals surface area (Å²) >= 11 is 0. The topological polar surface area (TPSA) is 48.5 Å². The number of nitrogens with zero attached hydrogens (tertiary/aromatic N) is 3. The molecular weight excluding hydrogens is 323 g/mol. The van der Waals surface area contributed by atoms with Crippen LogP contribution in [0.4, 0.5) is 5.82 Å². The molecule has 2 saturated heterocycles. The number of hydrogen-bond acceptors (Lipinski definition) is 4. The zero-order valence-electron chi connectivity index (χ0n) is 12.6. The average molecular weight is 347 g/mol. The molecule has 1 amide bonds. The Morgan fingerprint density at radius 2 is 2.00 bits per heavy atom. The van der Waals surface area contributed by atoms with Gasteiger partial charge in [0.25, 0.3) is 0 Å². The third-order valence-electron chi connectivity index (χ3n) is 4.19. The summed E-state index contributed by atoms with van der Waals surface area (Å²) in [5.74, 6) is 1.31. The quantitative estimate of drug-likeness (QED) is 0.905. The summed E-state index contributed by atoms with van der Waals surface area (Å²) in [4.78, 5) is 20.9. The van der Waals surface area contributed by atoms with E-state index in [0.29, 0.717) is 18.4 Å². The number of rotatable bonds is 3. The SMILES string of the molecule is Cl.Cl.O=C(CC1CCCN1)N1CCN(c2ccccn2)CC1. The van der Waals surface area contributed by atoms with Gasteiger partial charge in [0.2, 0.25) is 5.91 Å². The summed E-state index contributed by atoms with van der Waals surface area (Å²) in [5.41, 5.74) is 0. The number of amides is 1. The number of piperazine rings is 1. The fourth-order valence-corrected chi connectivity index (χ4v) is 3.00. The summed E-state index contributed by atoms with van der Waals surface area (Å²) in [6, 6.07) is 6.36. The molecule has 3 heterocycles.